The van der Waals surface area contributed by atoms with Gasteiger partial charge in [0.2, 0.25) is 0 Å². The first kappa shape index (κ1) is 11.8. The predicted octanol–water partition coefficient (Wildman–Crippen LogP) is 3.19. The Morgan fingerprint density at radius 1 is 1.39 bits per heavy atom. The van der Waals surface area contributed by atoms with Crippen LogP contribution in [-0.2, 0) is 18.0 Å². The lowest BCUT2D eigenvalue weighted by Gasteiger charge is -2.03. The summed E-state index contributed by atoms with van der Waals surface area (Å²) in [5, 5.41) is 3.35. The van der Waals surface area contributed by atoms with Crippen LogP contribution >= 0.6 is 27.3 Å². The van der Waals surface area contributed by atoms with Gasteiger partial charge in [0, 0.05) is 5.56 Å². The second-order valence-corrected chi connectivity index (χ2v) is 6.31. The molecule has 2 heterocycles. The first-order valence-corrected chi connectivity index (χ1v) is 6.95. The molecule has 4 nitrogen and oxygen atoms in total. The molecule has 2 aromatic rings. The van der Waals surface area contributed by atoms with Crippen LogP contribution in [0.1, 0.15) is 21.5 Å². The number of thiazole rings is 1. The molecule has 0 saturated heterocycles. The minimum Gasteiger partial charge on any atom is -0.372 e. The molecule has 1 amide bonds. The van der Waals surface area contributed by atoms with Crippen LogP contribution in [-0.4, -0.2) is 10.9 Å². The highest BCUT2D eigenvalue weighted by molar-refractivity contribution is 9.11. The SMILES string of the molecule is O=C(Nc1ncc(Br)s1)c1ccc2c(c1)COC2. The molecule has 0 unspecified atom stereocenters. The van der Waals surface area contributed by atoms with Crippen molar-refractivity contribution in [2.75, 3.05) is 5.32 Å². The molecule has 1 aliphatic rings. The number of hydrogen-bond acceptors (Lipinski definition) is 4. The lowest BCUT2D eigenvalue weighted by Crippen LogP contribution is -2.11. The smallest absolute Gasteiger partial charge is 0.257 e. The van der Waals surface area contributed by atoms with E-state index in [1.165, 1.54) is 11.3 Å². The predicted molar refractivity (Wildman–Crippen MR) is 72.7 cm³/mol. The average Bonchev–Trinajstić information content (AvgIpc) is 2.96. The third-order valence-electron chi connectivity index (χ3n) is 2.68. The minimum atomic E-state index is -0.147. The van der Waals surface area contributed by atoms with Gasteiger partial charge < -0.3 is 4.74 Å². The molecule has 3 rings (SSSR count). The van der Waals surface area contributed by atoms with Crippen LogP contribution in [0.5, 0.6) is 0 Å². The molecule has 1 aliphatic heterocycles. The van der Waals surface area contributed by atoms with Gasteiger partial charge in [0.25, 0.3) is 5.91 Å². The van der Waals surface area contributed by atoms with Gasteiger partial charge in [-0.3, -0.25) is 10.1 Å². The number of amides is 1. The number of ether oxygens (including phenoxy) is 1. The maximum absolute atomic E-state index is 12.0. The summed E-state index contributed by atoms with van der Waals surface area (Å²) in [7, 11) is 0. The van der Waals surface area contributed by atoms with Crippen LogP contribution in [0, 0.1) is 0 Å². The first-order valence-electron chi connectivity index (χ1n) is 5.34. The minimum absolute atomic E-state index is 0.147. The van der Waals surface area contributed by atoms with Crippen molar-refractivity contribution in [3.8, 4) is 0 Å². The summed E-state index contributed by atoms with van der Waals surface area (Å²) < 4.78 is 6.21. The third-order valence-corrected chi connectivity index (χ3v) is 4.07. The zero-order chi connectivity index (χ0) is 12.5. The number of anilines is 1. The van der Waals surface area contributed by atoms with Gasteiger partial charge in [-0.05, 0) is 39.2 Å². The molecule has 1 aromatic carbocycles. The standard InChI is InChI=1S/C12H9BrN2O2S/c13-10-4-14-12(18-10)15-11(16)7-1-2-8-5-17-6-9(8)3-7/h1-4H,5-6H2,(H,14,15,16). The van der Waals surface area contributed by atoms with Crippen molar-refractivity contribution in [3.05, 3.63) is 44.9 Å². The largest absolute Gasteiger partial charge is 0.372 e. The highest BCUT2D eigenvalue weighted by Crippen LogP contribution is 2.25. The Labute approximate surface area is 116 Å². The van der Waals surface area contributed by atoms with Crippen LogP contribution in [0.3, 0.4) is 0 Å². The number of rotatable bonds is 2. The lowest BCUT2D eigenvalue weighted by molar-refractivity contribution is 0.102. The van der Waals surface area contributed by atoms with Gasteiger partial charge in [-0.15, -0.1) is 0 Å². The molecule has 0 fully saturated rings. The quantitative estimate of drug-likeness (QED) is 0.923. The van der Waals surface area contributed by atoms with E-state index < -0.39 is 0 Å². The Morgan fingerprint density at radius 3 is 3.00 bits per heavy atom. The van der Waals surface area contributed by atoms with Crippen LogP contribution in [0.2, 0.25) is 0 Å². The molecule has 1 aromatic heterocycles. The van der Waals surface area contributed by atoms with Gasteiger partial charge in [0.15, 0.2) is 5.13 Å². The zero-order valence-electron chi connectivity index (χ0n) is 9.27. The Balaban J connectivity index is 1.80. The molecule has 1 N–H and O–H groups in total. The third kappa shape index (κ3) is 2.31. The summed E-state index contributed by atoms with van der Waals surface area (Å²) in [5.41, 5.74) is 2.87. The molecule has 92 valence electrons. The van der Waals surface area contributed by atoms with Crippen molar-refractivity contribution >= 4 is 38.3 Å². The number of nitrogens with one attached hydrogen (secondary N) is 1. The van der Waals surface area contributed by atoms with Crippen molar-refractivity contribution in [1.82, 2.24) is 4.98 Å². The van der Waals surface area contributed by atoms with Gasteiger partial charge in [-0.2, -0.15) is 0 Å². The van der Waals surface area contributed by atoms with Crippen LogP contribution < -0.4 is 5.32 Å². The summed E-state index contributed by atoms with van der Waals surface area (Å²) in [4.78, 5) is 16.1. The number of fused-ring (bicyclic) bond motifs is 1. The highest BCUT2D eigenvalue weighted by Gasteiger charge is 2.15. The number of aromatic nitrogens is 1. The first-order chi connectivity index (χ1) is 8.72. The van der Waals surface area contributed by atoms with Crippen LogP contribution in [0.15, 0.2) is 28.2 Å². The second-order valence-electron chi connectivity index (χ2n) is 3.90. The molecule has 0 spiro atoms. The summed E-state index contributed by atoms with van der Waals surface area (Å²) in [6, 6.07) is 5.63. The summed E-state index contributed by atoms with van der Waals surface area (Å²) in [5.74, 6) is -0.147. The van der Waals surface area contributed by atoms with Crippen molar-refractivity contribution in [2.45, 2.75) is 13.2 Å². The van der Waals surface area contributed by atoms with E-state index in [0.29, 0.717) is 23.9 Å². The Hall–Kier alpha value is -1.24. The average molecular weight is 325 g/mol. The highest BCUT2D eigenvalue weighted by atomic mass is 79.9. The monoisotopic (exact) mass is 324 g/mol. The number of carbonyl (C=O) groups excluding carboxylic acids is 1. The number of halogens is 1. The van der Waals surface area contributed by atoms with Crippen molar-refractivity contribution < 1.29 is 9.53 Å². The molecular formula is C12H9BrN2O2S. The van der Waals surface area contributed by atoms with Gasteiger partial charge in [0.1, 0.15) is 0 Å². The molecule has 0 saturated carbocycles. The number of nitrogens with zero attached hydrogens (tertiary/aromatic N) is 1. The fourth-order valence-corrected chi connectivity index (χ4v) is 2.90. The van der Waals surface area contributed by atoms with E-state index in [4.69, 9.17) is 4.74 Å². The van der Waals surface area contributed by atoms with E-state index in [-0.39, 0.29) is 5.91 Å². The van der Waals surface area contributed by atoms with Crippen molar-refractivity contribution in [1.29, 1.82) is 0 Å². The van der Waals surface area contributed by atoms with Gasteiger partial charge in [0.05, 0.1) is 23.2 Å². The van der Waals surface area contributed by atoms with Gasteiger partial charge in [-0.25, -0.2) is 4.98 Å². The topological polar surface area (TPSA) is 51.2 Å². The Bertz CT molecular complexity index is 612. The lowest BCUT2D eigenvalue weighted by atomic mass is 10.1. The molecule has 0 bridgehead atoms. The fraction of sp³-hybridized carbons (Fsp3) is 0.167. The van der Waals surface area contributed by atoms with E-state index in [2.05, 4.69) is 26.2 Å². The Kier molecular flexibility index (Phi) is 3.15. The molecule has 6 heteroatoms. The number of hydrogen-bond donors (Lipinski definition) is 1. The van der Waals surface area contributed by atoms with Gasteiger partial charge >= 0.3 is 0 Å². The summed E-state index contributed by atoms with van der Waals surface area (Å²) in [6.07, 6.45) is 1.66. The fourth-order valence-electron chi connectivity index (χ4n) is 1.79. The number of carbonyl (C=O) groups is 1. The maximum Gasteiger partial charge on any atom is 0.257 e. The molecular weight excluding hydrogens is 316 g/mol. The van der Waals surface area contributed by atoms with E-state index in [0.717, 1.165) is 14.9 Å². The molecule has 0 atom stereocenters. The zero-order valence-corrected chi connectivity index (χ0v) is 11.7. The van der Waals surface area contributed by atoms with E-state index in [9.17, 15) is 4.79 Å². The van der Waals surface area contributed by atoms with Crippen LogP contribution in [0.4, 0.5) is 5.13 Å². The van der Waals surface area contributed by atoms with E-state index in [1.807, 2.05) is 18.2 Å². The number of benzene rings is 1. The normalized spacial score (nSPS) is 13.4. The summed E-state index contributed by atoms with van der Waals surface area (Å²) >= 11 is 4.69. The van der Waals surface area contributed by atoms with E-state index >= 15 is 0 Å². The maximum atomic E-state index is 12.0. The van der Waals surface area contributed by atoms with E-state index in [1.54, 1.807) is 6.20 Å². The second kappa shape index (κ2) is 4.79. The molecule has 0 radical (unpaired) electrons. The van der Waals surface area contributed by atoms with Crippen molar-refractivity contribution in [3.63, 3.8) is 0 Å². The molecule has 18 heavy (non-hydrogen) atoms. The van der Waals surface area contributed by atoms with Gasteiger partial charge in [-0.1, -0.05) is 17.4 Å². The Morgan fingerprint density at radius 2 is 2.22 bits per heavy atom. The summed E-state index contributed by atoms with van der Waals surface area (Å²) in [6.45, 7) is 1.22. The van der Waals surface area contributed by atoms with Crippen LogP contribution in [0.25, 0.3) is 0 Å². The molecule has 0 aliphatic carbocycles. The van der Waals surface area contributed by atoms with Crippen molar-refractivity contribution in [2.24, 2.45) is 0 Å².